The number of rotatable bonds is 7. The lowest BCUT2D eigenvalue weighted by molar-refractivity contribution is -0.136. The third kappa shape index (κ3) is 5.99. The van der Waals surface area contributed by atoms with Crippen molar-refractivity contribution in [3.63, 3.8) is 0 Å². The predicted molar refractivity (Wildman–Crippen MR) is 127 cm³/mol. The van der Waals surface area contributed by atoms with Gasteiger partial charge in [0.15, 0.2) is 0 Å². The van der Waals surface area contributed by atoms with Crippen molar-refractivity contribution in [3.05, 3.63) is 54.1 Å². The molecule has 2 N–H and O–H groups in total. The Bertz CT molecular complexity index is 908. The highest BCUT2D eigenvalue weighted by atomic mass is 16.5. The number of carbonyl (C=O) groups excluding carboxylic acids is 2. The number of likely N-dealkylation sites (N-methyl/N-ethyl adjacent to an activating group) is 1. The average molecular weight is 440 g/mol. The van der Waals surface area contributed by atoms with E-state index in [0.717, 1.165) is 37.4 Å². The maximum Gasteiger partial charge on any atom is 0.313 e. The molecule has 1 saturated heterocycles. The van der Waals surface area contributed by atoms with Crippen LogP contribution in [0.2, 0.25) is 0 Å². The van der Waals surface area contributed by atoms with E-state index >= 15 is 0 Å². The van der Waals surface area contributed by atoms with E-state index in [-0.39, 0.29) is 6.04 Å². The number of benzene rings is 2. The second kappa shape index (κ2) is 11.0. The highest BCUT2D eigenvalue weighted by Crippen LogP contribution is 2.25. The van der Waals surface area contributed by atoms with Gasteiger partial charge < -0.3 is 25.2 Å². The van der Waals surface area contributed by atoms with Crippen LogP contribution in [0.15, 0.2) is 48.5 Å². The molecule has 0 bridgehead atoms. The van der Waals surface area contributed by atoms with Gasteiger partial charge in [0.05, 0.1) is 18.8 Å². The molecular weight excluding hydrogens is 406 g/mol. The molecule has 2 aromatic rings. The molecule has 2 amide bonds. The standard InChI is InChI=1S/C24H33N5O3/c1-27(2)19-11-9-18(10-12-19)21(29-15-13-28(3)14-16-29)17-25-23(30)24(31)26-20-7-5-6-8-22(20)32-4/h5-12,21H,13-17H2,1-4H3,(H,25,30)(H,26,31). The molecule has 3 rings (SSSR count). The van der Waals surface area contributed by atoms with Crippen LogP contribution in [-0.2, 0) is 9.59 Å². The molecule has 1 heterocycles. The van der Waals surface area contributed by atoms with Gasteiger partial charge in [-0.15, -0.1) is 0 Å². The lowest BCUT2D eigenvalue weighted by atomic mass is 10.0. The number of anilines is 2. The Balaban J connectivity index is 1.68. The summed E-state index contributed by atoms with van der Waals surface area (Å²) in [6, 6.07) is 15.3. The van der Waals surface area contributed by atoms with Gasteiger partial charge >= 0.3 is 11.8 Å². The van der Waals surface area contributed by atoms with Crippen LogP contribution in [0, 0.1) is 0 Å². The van der Waals surface area contributed by atoms with Crippen LogP contribution in [0.4, 0.5) is 11.4 Å². The topological polar surface area (TPSA) is 77.1 Å². The summed E-state index contributed by atoms with van der Waals surface area (Å²) in [5.74, 6) is -0.875. The van der Waals surface area contributed by atoms with E-state index in [0.29, 0.717) is 18.0 Å². The number of hydrogen-bond donors (Lipinski definition) is 2. The quantitative estimate of drug-likeness (QED) is 0.641. The van der Waals surface area contributed by atoms with Crippen LogP contribution in [-0.4, -0.2) is 82.6 Å². The first-order valence-electron chi connectivity index (χ1n) is 10.8. The Morgan fingerprint density at radius 3 is 2.28 bits per heavy atom. The first kappa shape index (κ1) is 23.6. The number of nitrogens with zero attached hydrogens (tertiary/aromatic N) is 3. The van der Waals surface area contributed by atoms with Crippen LogP contribution in [0.3, 0.4) is 0 Å². The van der Waals surface area contributed by atoms with Crippen molar-refractivity contribution in [1.82, 2.24) is 15.1 Å². The van der Waals surface area contributed by atoms with Crippen molar-refractivity contribution in [2.24, 2.45) is 0 Å². The molecule has 1 aliphatic heterocycles. The Kier molecular flexibility index (Phi) is 8.08. The Morgan fingerprint density at radius 2 is 1.66 bits per heavy atom. The molecule has 1 aliphatic rings. The summed E-state index contributed by atoms with van der Waals surface area (Å²) in [4.78, 5) is 31.7. The molecule has 172 valence electrons. The van der Waals surface area contributed by atoms with Gasteiger partial charge in [-0.1, -0.05) is 24.3 Å². The van der Waals surface area contributed by atoms with Gasteiger partial charge in [0.2, 0.25) is 0 Å². The molecule has 0 aromatic heterocycles. The van der Waals surface area contributed by atoms with Gasteiger partial charge in [0.1, 0.15) is 5.75 Å². The molecule has 1 unspecified atom stereocenters. The van der Waals surface area contributed by atoms with E-state index in [4.69, 9.17) is 4.74 Å². The van der Waals surface area contributed by atoms with E-state index in [9.17, 15) is 9.59 Å². The second-order valence-electron chi connectivity index (χ2n) is 8.21. The molecule has 0 aliphatic carbocycles. The van der Waals surface area contributed by atoms with Crippen molar-refractivity contribution in [1.29, 1.82) is 0 Å². The third-order valence-electron chi connectivity index (χ3n) is 5.79. The van der Waals surface area contributed by atoms with Crippen LogP contribution in [0.5, 0.6) is 5.75 Å². The number of nitrogens with one attached hydrogen (secondary N) is 2. The average Bonchev–Trinajstić information content (AvgIpc) is 2.80. The minimum atomic E-state index is -0.713. The molecule has 8 heteroatoms. The summed E-state index contributed by atoms with van der Waals surface area (Å²) in [7, 11) is 7.65. The smallest absolute Gasteiger partial charge is 0.313 e. The van der Waals surface area contributed by atoms with Crippen LogP contribution >= 0.6 is 0 Å². The van der Waals surface area contributed by atoms with Crippen molar-refractivity contribution >= 4 is 23.2 Å². The monoisotopic (exact) mass is 439 g/mol. The predicted octanol–water partition coefficient (Wildman–Crippen LogP) is 1.80. The summed E-state index contributed by atoms with van der Waals surface area (Å²) in [5, 5.41) is 5.46. The molecule has 1 atom stereocenters. The van der Waals surface area contributed by atoms with Gasteiger partial charge in [-0.05, 0) is 36.9 Å². The molecule has 0 spiro atoms. The zero-order valence-corrected chi connectivity index (χ0v) is 19.3. The van der Waals surface area contributed by atoms with Crippen LogP contribution < -0.4 is 20.3 Å². The van der Waals surface area contributed by atoms with Crippen LogP contribution in [0.25, 0.3) is 0 Å². The molecular formula is C24H33N5O3. The maximum absolute atomic E-state index is 12.6. The first-order valence-corrected chi connectivity index (χ1v) is 10.8. The Morgan fingerprint density at radius 1 is 1.00 bits per heavy atom. The summed E-state index contributed by atoms with van der Waals surface area (Å²) < 4.78 is 5.24. The number of carbonyl (C=O) groups is 2. The largest absolute Gasteiger partial charge is 0.495 e. The molecule has 2 aromatic carbocycles. The van der Waals surface area contributed by atoms with Gasteiger partial charge in [-0.25, -0.2) is 0 Å². The normalized spacial score (nSPS) is 15.6. The van der Waals surface area contributed by atoms with E-state index < -0.39 is 11.8 Å². The van der Waals surface area contributed by atoms with Gasteiger partial charge in [-0.3, -0.25) is 14.5 Å². The number of hydrogen-bond acceptors (Lipinski definition) is 6. The van der Waals surface area contributed by atoms with E-state index in [1.807, 2.05) is 14.1 Å². The fraction of sp³-hybridized carbons (Fsp3) is 0.417. The first-order chi connectivity index (χ1) is 15.4. The van der Waals surface area contributed by atoms with Crippen molar-refractivity contribution in [3.8, 4) is 5.75 Å². The van der Waals surface area contributed by atoms with Crippen molar-refractivity contribution in [2.45, 2.75) is 6.04 Å². The zero-order valence-electron chi connectivity index (χ0n) is 19.3. The lowest BCUT2D eigenvalue weighted by Gasteiger charge is -2.38. The van der Waals surface area contributed by atoms with Crippen molar-refractivity contribution < 1.29 is 14.3 Å². The van der Waals surface area contributed by atoms with Gasteiger partial charge in [0.25, 0.3) is 0 Å². The van der Waals surface area contributed by atoms with Gasteiger partial charge in [0, 0.05) is 52.5 Å². The Hall–Kier alpha value is -3.10. The lowest BCUT2D eigenvalue weighted by Crippen LogP contribution is -2.49. The third-order valence-corrected chi connectivity index (χ3v) is 5.79. The number of para-hydroxylation sites is 2. The SMILES string of the molecule is COc1ccccc1NC(=O)C(=O)NCC(c1ccc(N(C)C)cc1)N1CCN(C)CC1. The minimum absolute atomic E-state index is 0.0112. The fourth-order valence-electron chi connectivity index (χ4n) is 3.78. The minimum Gasteiger partial charge on any atom is -0.495 e. The molecule has 0 radical (unpaired) electrons. The number of methoxy groups -OCH3 is 1. The fourth-order valence-corrected chi connectivity index (χ4v) is 3.78. The van der Waals surface area contributed by atoms with E-state index in [2.05, 4.69) is 56.6 Å². The number of piperazine rings is 1. The molecule has 0 saturated carbocycles. The zero-order chi connectivity index (χ0) is 23.1. The van der Waals surface area contributed by atoms with Gasteiger partial charge in [-0.2, -0.15) is 0 Å². The number of ether oxygens (including phenoxy) is 1. The Labute approximate surface area is 190 Å². The summed E-state index contributed by atoms with van der Waals surface area (Å²) in [6.45, 7) is 4.09. The highest BCUT2D eigenvalue weighted by Gasteiger charge is 2.26. The molecule has 32 heavy (non-hydrogen) atoms. The highest BCUT2D eigenvalue weighted by molar-refractivity contribution is 6.39. The molecule has 8 nitrogen and oxygen atoms in total. The summed E-state index contributed by atoms with van der Waals surface area (Å²) in [5.41, 5.74) is 2.70. The van der Waals surface area contributed by atoms with E-state index in [1.54, 1.807) is 24.3 Å². The summed E-state index contributed by atoms with van der Waals surface area (Å²) >= 11 is 0. The maximum atomic E-state index is 12.6. The summed E-state index contributed by atoms with van der Waals surface area (Å²) in [6.07, 6.45) is 0. The van der Waals surface area contributed by atoms with Crippen molar-refractivity contribution in [2.75, 3.05) is 71.2 Å². The van der Waals surface area contributed by atoms with Crippen LogP contribution in [0.1, 0.15) is 11.6 Å². The molecule has 1 fully saturated rings. The number of amides is 2. The second-order valence-corrected chi connectivity index (χ2v) is 8.21. The van der Waals surface area contributed by atoms with E-state index in [1.165, 1.54) is 7.11 Å².